The Morgan fingerprint density at radius 1 is 1.48 bits per heavy atom. The van der Waals surface area contributed by atoms with E-state index in [1.54, 1.807) is 17.5 Å². The standard InChI is InChI=1S/C15H17N3O3/c1-9-5-6-17-8-12(16-13(17)7-9)14(19)18(11-3-4-11)10(2)15(20)21/h5-8,10-11H,3-4H2,1-2H3,(H,20,21). The predicted octanol–water partition coefficient (Wildman–Crippen LogP) is 1.72. The van der Waals surface area contributed by atoms with Crippen molar-refractivity contribution in [3.63, 3.8) is 0 Å². The van der Waals surface area contributed by atoms with Crippen LogP contribution in [-0.4, -0.2) is 43.4 Å². The van der Waals surface area contributed by atoms with E-state index in [0.717, 1.165) is 18.4 Å². The number of aromatic nitrogens is 2. The number of carboxylic acid groups (broad SMARTS) is 1. The number of aliphatic carboxylic acids is 1. The number of pyridine rings is 1. The fraction of sp³-hybridized carbons (Fsp3) is 0.400. The molecule has 1 aliphatic rings. The number of hydrogen-bond donors (Lipinski definition) is 1. The van der Waals surface area contributed by atoms with Crippen LogP contribution in [0, 0.1) is 6.92 Å². The van der Waals surface area contributed by atoms with E-state index in [0.29, 0.717) is 11.3 Å². The SMILES string of the molecule is Cc1ccn2cc(C(=O)N(C3CC3)C(C)C(=O)O)nc2c1. The molecule has 1 aliphatic carbocycles. The van der Waals surface area contributed by atoms with Crippen molar-refractivity contribution in [2.24, 2.45) is 0 Å². The number of nitrogens with zero attached hydrogens (tertiary/aromatic N) is 3. The first-order valence-corrected chi connectivity index (χ1v) is 6.98. The second kappa shape index (κ2) is 4.87. The topological polar surface area (TPSA) is 74.9 Å². The van der Waals surface area contributed by atoms with Gasteiger partial charge in [-0.25, -0.2) is 9.78 Å². The highest BCUT2D eigenvalue weighted by atomic mass is 16.4. The third-order valence-electron chi connectivity index (χ3n) is 3.78. The second-order valence-corrected chi connectivity index (χ2v) is 5.55. The van der Waals surface area contributed by atoms with Crippen LogP contribution in [0.1, 0.15) is 35.8 Å². The van der Waals surface area contributed by atoms with Gasteiger partial charge in [0.1, 0.15) is 17.4 Å². The van der Waals surface area contributed by atoms with Crippen LogP contribution in [0.15, 0.2) is 24.5 Å². The van der Waals surface area contributed by atoms with Crippen LogP contribution in [0.3, 0.4) is 0 Å². The summed E-state index contributed by atoms with van der Waals surface area (Å²) in [5, 5.41) is 9.18. The second-order valence-electron chi connectivity index (χ2n) is 5.55. The average Bonchev–Trinajstić information content (AvgIpc) is 3.17. The summed E-state index contributed by atoms with van der Waals surface area (Å²) in [5.74, 6) is -1.30. The zero-order chi connectivity index (χ0) is 15.1. The molecule has 0 spiro atoms. The van der Waals surface area contributed by atoms with Gasteiger partial charge in [-0.2, -0.15) is 0 Å². The fourth-order valence-electron chi connectivity index (χ4n) is 2.45. The van der Waals surface area contributed by atoms with Crippen LogP contribution in [0.5, 0.6) is 0 Å². The summed E-state index contributed by atoms with van der Waals surface area (Å²) in [4.78, 5) is 29.6. The van der Waals surface area contributed by atoms with Gasteiger partial charge in [0.2, 0.25) is 0 Å². The van der Waals surface area contributed by atoms with Crippen molar-refractivity contribution in [3.8, 4) is 0 Å². The van der Waals surface area contributed by atoms with Gasteiger partial charge in [-0.05, 0) is 44.4 Å². The van der Waals surface area contributed by atoms with Crippen molar-refractivity contribution in [2.45, 2.75) is 38.8 Å². The largest absolute Gasteiger partial charge is 0.480 e. The number of hydrogen-bond acceptors (Lipinski definition) is 3. The van der Waals surface area contributed by atoms with Crippen molar-refractivity contribution in [1.82, 2.24) is 14.3 Å². The Morgan fingerprint density at radius 2 is 2.19 bits per heavy atom. The Morgan fingerprint density at radius 3 is 2.81 bits per heavy atom. The zero-order valence-corrected chi connectivity index (χ0v) is 12.0. The molecule has 0 radical (unpaired) electrons. The predicted molar refractivity (Wildman–Crippen MR) is 76.2 cm³/mol. The molecule has 1 amide bonds. The van der Waals surface area contributed by atoms with Crippen molar-refractivity contribution in [1.29, 1.82) is 0 Å². The monoisotopic (exact) mass is 287 g/mol. The molecule has 2 aromatic rings. The number of carbonyl (C=O) groups is 2. The number of fused-ring (bicyclic) bond motifs is 1. The van der Waals surface area contributed by atoms with E-state index in [1.165, 1.54) is 4.90 Å². The first kappa shape index (κ1) is 13.6. The van der Waals surface area contributed by atoms with Gasteiger partial charge in [0.05, 0.1) is 0 Å². The van der Waals surface area contributed by atoms with E-state index >= 15 is 0 Å². The molecule has 2 aromatic heterocycles. The molecule has 1 atom stereocenters. The van der Waals surface area contributed by atoms with E-state index in [2.05, 4.69) is 4.98 Å². The van der Waals surface area contributed by atoms with Crippen molar-refractivity contribution < 1.29 is 14.7 Å². The molecule has 0 bridgehead atoms. The highest BCUT2D eigenvalue weighted by Gasteiger charge is 2.39. The van der Waals surface area contributed by atoms with E-state index in [1.807, 2.05) is 25.3 Å². The van der Waals surface area contributed by atoms with E-state index in [4.69, 9.17) is 0 Å². The number of aryl methyl sites for hydroxylation is 1. The van der Waals surface area contributed by atoms with E-state index in [9.17, 15) is 14.7 Å². The van der Waals surface area contributed by atoms with Crippen LogP contribution < -0.4 is 0 Å². The Balaban J connectivity index is 1.95. The number of amides is 1. The highest BCUT2D eigenvalue weighted by Crippen LogP contribution is 2.30. The molecule has 1 unspecified atom stereocenters. The van der Waals surface area contributed by atoms with E-state index < -0.39 is 12.0 Å². The van der Waals surface area contributed by atoms with Crippen LogP contribution in [0.4, 0.5) is 0 Å². The summed E-state index contributed by atoms with van der Waals surface area (Å²) in [6, 6.07) is 3.01. The maximum Gasteiger partial charge on any atom is 0.326 e. The van der Waals surface area contributed by atoms with Crippen LogP contribution in [0.25, 0.3) is 5.65 Å². The van der Waals surface area contributed by atoms with Gasteiger partial charge in [-0.1, -0.05) is 0 Å². The third kappa shape index (κ3) is 2.49. The maximum absolute atomic E-state index is 12.6. The molecule has 3 rings (SSSR count). The lowest BCUT2D eigenvalue weighted by Crippen LogP contribution is -2.44. The minimum absolute atomic E-state index is 0.0233. The zero-order valence-electron chi connectivity index (χ0n) is 12.0. The summed E-state index contributed by atoms with van der Waals surface area (Å²) >= 11 is 0. The summed E-state index contributed by atoms with van der Waals surface area (Å²) in [7, 11) is 0. The summed E-state index contributed by atoms with van der Waals surface area (Å²) in [5.41, 5.74) is 2.04. The Hall–Kier alpha value is -2.37. The first-order valence-electron chi connectivity index (χ1n) is 6.98. The Labute approximate surface area is 122 Å². The minimum atomic E-state index is -0.991. The molecule has 0 saturated heterocycles. The number of imidazole rings is 1. The van der Waals surface area contributed by atoms with Gasteiger partial charge in [0.15, 0.2) is 0 Å². The summed E-state index contributed by atoms with van der Waals surface area (Å²) < 4.78 is 1.77. The molecular formula is C15H17N3O3. The molecule has 1 fully saturated rings. The van der Waals surface area contributed by atoms with Gasteiger partial charge in [-0.3, -0.25) is 4.79 Å². The lowest BCUT2D eigenvalue weighted by atomic mass is 10.2. The molecule has 1 N–H and O–H groups in total. The van der Waals surface area contributed by atoms with E-state index in [-0.39, 0.29) is 11.9 Å². The molecule has 1 saturated carbocycles. The normalized spacial score (nSPS) is 15.9. The fourth-order valence-corrected chi connectivity index (χ4v) is 2.45. The lowest BCUT2D eigenvalue weighted by Gasteiger charge is -2.25. The number of carboxylic acids is 1. The van der Waals surface area contributed by atoms with Crippen molar-refractivity contribution in [2.75, 3.05) is 0 Å². The summed E-state index contributed by atoms with van der Waals surface area (Å²) in [6.45, 7) is 3.50. The minimum Gasteiger partial charge on any atom is -0.480 e. The van der Waals surface area contributed by atoms with Gasteiger partial charge in [0, 0.05) is 18.4 Å². The van der Waals surface area contributed by atoms with Crippen LogP contribution >= 0.6 is 0 Å². The van der Waals surface area contributed by atoms with Gasteiger partial charge in [0.25, 0.3) is 5.91 Å². The number of carbonyl (C=O) groups excluding carboxylic acids is 1. The Kier molecular flexibility index (Phi) is 3.16. The molecule has 2 heterocycles. The smallest absolute Gasteiger partial charge is 0.326 e. The first-order chi connectivity index (χ1) is 9.97. The molecule has 6 heteroatoms. The average molecular weight is 287 g/mol. The number of rotatable bonds is 4. The Bertz CT molecular complexity index is 718. The lowest BCUT2D eigenvalue weighted by molar-refractivity contribution is -0.141. The molecule has 0 aliphatic heterocycles. The van der Waals surface area contributed by atoms with Crippen molar-refractivity contribution >= 4 is 17.5 Å². The molecule has 6 nitrogen and oxygen atoms in total. The summed E-state index contributed by atoms with van der Waals surface area (Å²) in [6.07, 6.45) is 5.21. The van der Waals surface area contributed by atoms with Crippen LogP contribution in [-0.2, 0) is 4.79 Å². The third-order valence-corrected chi connectivity index (χ3v) is 3.78. The molecular weight excluding hydrogens is 270 g/mol. The van der Waals surface area contributed by atoms with Crippen LogP contribution in [0.2, 0.25) is 0 Å². The highest BCUT2D eigenvalue weighted by molar-refractivity contribution is 5.95. The molecule has 110 valence electrons. The molecule has 21 heavy (non-hydrogen) atoms. The van der Waals surface area contributed by atoms with Gasteiger partial charge >= 0.3 is 5.97 Å². The molecule has 0 aromatic carbocycles. The van der Waals surface area contributed by atoms with Gasteiger partial charge in [-0.15, -0.1) is 0 Å². The van der Waals surface area contributed by atoms with Gasteiger partial charge < -0.3 is 14.4 Å². The maximum atomic E-state index is 12.6. The quantitative estimate of drug-likeness (QED) is 0.929. The van der Waals surface area contributed by atoms with Crippen molar-refractivity contribution in [3.05, 3.63) is 35.8 Å².